The second-order valence-corrected chi connectivity index (χ2v) is 6.03. The number of benzene rings is 3. The molecule has 1 N–H and O–H groups in total. The lowest BCUT2D eigenvalue weighted by molar-refractivity contribution is 0.473. The van der Waals surface area contributed by atoms with Crippen LogP contribution >= 0.6 is 0 Å². The van der Waals surface area contributed by atoms with E-state index in [4.69, 9.17) is 0 Å². The second-order valence-electron chi connectivity index (χ2n) is 6.03. The van der Waals surface area contributed by atoms with Gasteiger partial charge in [-0.1, -0.05) is 62.4 Å². The van der Waals surface area contributed by atoms with E-state index in [1.165, 1.54) is 27.1 Å². The topological polar surface area (TPSA) is 35.8 Å². The predicted molar refractivity (Wildman–Crippen MR) is 92.5 cm³/mol. The Bertz CT molecular complexity index is 789. The fraction of sp³-hybridized carbons (Fsp3) is 0.250. The Kier molecular flexibility index (Phi) is 4.09. The number of fused-ring (bicyclic) bond motifs is 2. The maximum atomic E-state index is 9.29. The lowest BCUT2D eigenvalue weighted by Crippen LogP contribution is -2.31. The van der Waals surface area contributed by atoms with Gasteiger partial charge in [-0.25, -0.2) is 0 Å². The summed E-state index contributed by atoms with van der Waals surface area (Å²) in [5.74, 6) is 0.297. The quantitative estimate of drug-likeness (QED) is 0.710. The average molecular weight is 288 g/mol. The lowest BCUT2D eigenvalue weighted by Gasteiger charge is -2.17. The molecule has 0 amide bonds. The molecule has 0 aliphatic heterocycles. The van der Waals surface area contributed by atoms with Crippen LogP contribution in [0, 0.1) is 17.2 Å². The van der Waals surface area contributed by atoms with E-state index in [9.17, 15) is 5.26 Å². The summed E-state index contributed by atoms with van der Waals surface area (Å²) in [4.78, 5) is 0. The molecule has 22 heavy (non-hydrogen) atoms. The number of rotatable bonds is 4. The van der Waals surface area contributed by atoms with Crippen molar-refractivity contribution in [2.24, 2.45) is 5.92 Å². The van der Waals surface area contributed by atoms with Gasteiger partial charge in [-0.2, -0.15) is 5.26 Å². The standard InChI is InChI=1S/C20H20N2/c1-14(2)20(12-21)22-13-19-17-9-5-3-7-15(17)11-16-8-4-6-10-18(16)19/h3-11,14,20,22H,13H2,1-2H3/t20-/m0/s1. The SMILES string of the molecule is CC(C)[C@H](C#N)NCc1c2ccccc2cc2ccccc12. The Labute approximate surface area is 131 Å². The van der Waals surface area contributed by atoms with Gasteiger partial charge in [-0.3, -0.25) is 5.32 Å². The van der Waals surface area contributed by atoms with E-state index in [1.807, 2.05) is 0 Å². The molecule has 1 atom stereocenters. The summed E-state index contributed by atoms with van der Waals surface area (Å²) in [6.07, 6.45) is 0. The molecule has 2 heteroatoms. The first kappa shape index (κ1) is 14.6. The molecule has 0 aliphatic rings. The summed E-state index contributed by atoms with van der Waals surface area (Å²) in [5.41, 5.74) is 1.27. The Morgan fingerprint density at radius 2 is 1.50 bits per heavy atom. The van der Waals surface area contributed by atoms with E-state index in [0.29, 0.717) is 12.5 Å². The van der Waals surface area contributed by atoms with Crippen LogP contribution < -0.4 is 5.32 Å². The number of hydrogen-bond acceptors (Lipinski definition) is 2. The first-order valence-electron chi connectivity index (χ1n) is 7.73. The van der Waals surface area contributed by atoms with E-state index in [-0.39, 0.29) is 6.04 Å². The van der Waals surface area contributed by atoms with E-state index >= 15 is 0 Å². The molecule has 2 nitrogen and oxygen atoms in total. The van der Waals surface area contributed by atoms with Crippen LogP contribution in [-0.2, 0) is 6.54 Å². The molecule has 110 valence electrons. The van der Waals surface area contributed by atoms with Crippen molar-refractivity contribution in [1.29, 1.82) is 5.26 Å². The molecule has 0 aliphatic carbocycles. The highest BCUT2D eigenvalue weighted by Crippen LogP contribution is 2.28. The minimum absolute atomic E-state index is 0.127. The summed E-state index contributed by atoms with van der Waals surface area (Å²) in [7, 11) is 0. The summed E-state index contributed by atoms with van der Waals surface area (Å²) < 4.78 is 0. The molecule has 0 heterocycles. The van der Waals surface area contributed by atoms with Gasteiger partial charge in [-0.15, -0.1) is 0 Å². The smallest absolute Gasteiger partial charge is 0.0978 e. The zero-order valence-corrected chi connectivity index (χ0v) is 13.0. The minimum Gasteiger partial charge on any atom is -0.298 e. The molecule has 0 unspecified atom stereocenters. The van der Waals surface area contributed by atoms with Crippen molar-refractivity contribution < 1.29 is 0 Å². The highest BCUT2D eigenvalue weighted by Gasteiger charge is 2.13. The van der Waals surface area contributed by atoms with E-state index in [2.05, 4.69) is 79.8 Å². The summed E-state index contributed by atoms with van der Waals surface area (Å²) in [6, 6.07) is 21.4. The molecule has 0 aromatic heterocycles. The van der Waals surface area contributed by atoms with Gasteiger partial charge in [0, 0.05) is 6.54 Å². The van der Waals surface area contributed by atoms with Gasteiger partial charge in [0.25, 0.3) is 0 Å². The molecule has 0 saturated heterocycles. The Morgan fingerprint density at radius 1 is 0.955 bits per heavy atom. The van der Waals surface area contributed by atoms with Crippen molar-refractivity contribution in [1.82, 2.24) is 5.32 Å². The van der Waals surface area contributed by atoms with Crippen LogP contribution in [0.15, 0.2) is 54.6 Å². The molecular weight excluding hydrogens is 268 g/mol. The normalized spacial score (nSPS) is 12.6. The van der Waals surface area contributed by atoms with Crippen LogP contribution in [-0.4, -0.2) is 6.04 Å². The fourth-order valence-electron chi connectivity index (χ4n) is 2.94. The van der Waals surface area contributed by atoms with Gasteiger partial charge in [0.15, 0.2) is 0 Å². The van der Waals surface area contributed by atoms with Crippen LogP contribution in [0.2, 0.25) is 0 Å². The summed E-state index contributed by atoms with van der Waals surface area (Å²) in [6.45, 7) is 4.85. The van der Waals surface area contributed by atoms with Crippen molar-refractivity contribution in [3.05, 3.63) is 60.2 Å². The van der Waals surface area contributed by atoms with Crippen LogP contribution in [0.1, 0.15) is 19.4 Å². The van der Waals surface area contributed by atoms with Gasteiger partial charge in [0.1, 0.15) is 0 Å². The number of nitriles is 1. The van der Waals surface area contributed by atoms with Crippen LogP contribution in [0.4, 0.5) is 0 Å². The summed E-state index contributed by atoms with van der Waals surface area (Å²) >= 11 is 0. The molecule has 0 saturated carbocycles. The number of nitrogens with zero attached hydrogens (tertiary/aromatic N) is 1. The number of hydrogen-bond donors (Lipinski definition) is 1. The van der Waals surface area contributed by atoms with Gasteiger partial charge >= 0.3 is 0 Å². The first-order valence-corrected chi connectivity index (χ1v) is 7.73. The Morgan fingerprint density at radius 3 is 2.00 bits per heavy atom. The molecule has 0 bridgehead atoms. The molecule has 3 aromatic carbocycles. The van der Waals surface area contributed by atoms with Crippen LogP contribution in [0.5, 0.6) is 0 Å². The average Bonchev–Trinajstić information content (AvgIpc) is 2.54. The van der Waals surface area contributed by atoms with Gasteiger partial charge < -0.3 is 0 Å². The predicted octanol–water partition coefficient (Wildman–Crippen LogP) is 4.63. The van der Waals surface area contributed by atoms with E-state index < -0.39 is 0 Å². The first-order chi connectivity index (χ1) is 10.7. The lowest BCUT2D eigenvalue weighted by atomic mass is 9.96. The van der Waals surface area contributed by atoms with E-state index in [1.54, 1.807) is 0 Å². The molecule has 0 spiro atoms. The zero-order valence-electron chi connectivity index (χ0n) is 13.0. The fourth-order valence-corrected chi connectivity index (χ4v) is 2.94. The maximum absolute atomic E-state index is 9.29. The Hall–Kier alpha value is -2.37. The maximum Gasteiger partial charge on any atom is 0.0978 e. The van der Waals surface area contributed by atoms with E-state index in [0.717, 1.165) is 0 Å². The summed E-state index contributed by atoms with van der Waals surface area (Å²) in [5, 5.41) is 17.7. The molecule has 0 radical (unpaired) electrons. The highest BCUT2D eigenvalue weighted by atomic mass is 14.9. The third-order valence-electron chi connectivity index (χ3n) is 4.19. The van der Waals surface area contributed by atoms with Crippen LogP contribution in [0.3, 0.4) is 0 Å². The van der Waals surface area contributed by atoms with Crippen molar-refractivity contribution in [2.75, 3.05) is 0 Å². The molecular formula is C20H20N2. The third kappa shape index (κ3) is 2.68. The second kappa shape index (κ2) is 6.17. The largest absolute Gasteiger partial charge is 0.298 e. The zero-order chi connectivity index (χ0) is 15.5. The van der Waals surface area contributed by atoms with Gasteiger partial charge in [-0.05, 0) is 39.1 Å². The van der Waals surface area contributed by atoms with Gasteiger partial charge in [0.05, 0.1) is 12.1 Å². The van der Waals surface area contributed by atoms with Gasteiger partial charge in [0.2, 0.25) is 0 Å². The van der Waals surface area contributed by atoms with Crippen molar-refractivity contribution >= 4 is 21.5 Å². The number of nitrogens with one attached hydrogen (secondary N) is 1. The van der Waals surface area contributed by atoms with Crippen molar-refractivity contribution in [3.63, 3.8) is 0 Å². The molecule has 3 aromatic rings. The monoisotopic (exact) mass is 288 g/mol. The third-order valence-corrected chi connectivity index (χ3v) is 4.19. The molecule has 0 fully saturated rings. The van der Waals surface area contributed by atoms with Crippen molar-refractivity contribution in [2.45, 2.75) is 26.4 Å². The Balaban J connectivity index is 2.10. The van der Waals surface area contributed by atoms with Crippen LogP contribution in [0.25, 0.3) is 21.5 Å². The molecule has 3 rings (SSSR count). The minimum atomic E-state index is -0.127. The van der Waals surface area contributed by atoms with Crippen molar-refractivity contribution in [3.8, 4) is 6.07 Å². The highest BCUT2D eigenvalue weighted by molar-refractivity contribution is 6.02.